The lowest BCUT2D eigenvalue weighted by Gasteiger charge is -2.24. The summed E-state index contributed by atoms with van der Waals surface area (Å²) in [7, 11) is -4.13. The number of nitrogens with zero attached hydrogens (tertiary/aromatic N) is 1. The van der Waals surface area contributed by atoms with Crippen molar-refractivity contribution in [3.63, 3.8) is 0 Å². The number of hydrogen-bond acceptors (Lipinski definition) is 4. The van der Waals surface area contributed by atoms with Gasteiger partial charge in [-0.05, 0) is 60.9 Å². The third-order valence-corrected chi connectivity index (χ3v) is 7.04. The molecule has 0 aromatic heterocycles. The molecule has 0 atom stereocenters. The molecule has 0 radical (unpaired) electrons. The van der Waals surface area contributed by atoms with Crippen molar-refractivity contribution in [2.75, 3.05) is 22.4 Å². The lowest BCUT2D eigenvalue weighted by Crippen LogP contribution is -2.38. The monoisotopic (exact) mass is 464 g/mol. The fraction of sp³-hybridized carbons (Fsp3) is 0.0952. The summed E-state index contributed by atoms with van der Waals surface area (Å²) < 4.78 is 41.3. The van der Waals surface area contributed by atoms with E-state index in [1.165, 1.54) is 42.1 Å². The van der Waals surface area contributed by atoms with Crippen molar-refractivity contribution in [3.05, 3.63) is 83.6 Å². The number of sulfonamides is 1. The molecule has 0 bridgehead atoms. The largest absolute Gasteiger partial charge is 0.323 e. The normalized spacial score (nSPS) is 11.2. The zero-order valence-electron chi connectivity index (χ0n) is 15.9. The number of para-hydroxylation sites is 1. The highest BCUT2D eigenvalue weighted by Gasteiger charge is 2.27. The first-order valence-corrected chi connectivity index (χ1v) is 11.8. The van der Waals surface area contributed by atoms with Crippen LogP contribution in [0.15, 0.2) is 82.6 Å². The summed E-state index contributed by atoms with van der Waals surface area (Å²) in [6, 6.07) is 17.9. The van der Waals surface area contributed by atoms with Crippen LogP contribution in [-0.4, -0.2) is 27.1 Å². The van der Waals surface area contributed by atoms with Crippen LogP contribution in [0, 0.1) is 5.82 Å². The molecule has 30 heavy (non-hydrogen) atoms. The topological polar surface area (TPSA) is 66.5 Å². The third kappa shape index (κ3) is 5.13. The van der Waals surface area contributed by atoms with E-state index in [-0.39, 0.29) is 10.6 Å². The first kappa shape index (κ1) is 22.1. The van der Waals surface area contributed by atoms with Gasteiger partial charge in [-0.1, -0.05) is 29.8 Å². The van der Waals surface area contributed by atoms with Gasteiger partial charge in [0.1, 0.15) is 12.4 Å². The van der Waals surface area contributed by atoms with E-state index in [4.69, 9.17) is 11.6 Å². The Hall–Kier alpha value is -2.55. The summed E-state index contributed by atoms with van der Waals surface area (Å²) in [6.45, 7) is -0.554. The number of amides is 1. The predicted molar refractivity (Wildman–Crippen MR) is 119 cm³/mol. The maximum absolute atomic E-state index is 13.8. The molecular weight excluding hydrogens is 447 g/mol. The van der Waals surface area contributed by atoms with E-state index < -0.39 is 28.3 Å². The van der Waals surface area contributed by atoms with E-state index in [2.05, 4.69) is 5.32 Å². The number of anilines is 2. The van der Waals surface area contributed by atoms with Crippen LogP contribution in [0.5, 0.6) is 0 Å². The highest BCUT2D eigenvalue weighted by molar-refractivity contribution is 7.98. The van der Waals surface area contributed by atoms with Crippen LogP contribution in [-0.2, 0) is 14.8 Å². The Balaban J connectivity index is 1.96. The van der Waals surface area contributed by atoms with Crippen molar-refractivity contribution >= 4 is 50.7 Å². The summed E-state index contributed by atoms with van der Waals surface area (Å²) in [4.78, 5) is 13.5. The molecule has 5 nitrogen and oxygen atoms in total. The molecule has 1 amide bonds. The lowest BCUT2D eigenvalue weighted by atomic mass is 10.3. The maximum atomic E-state index is 13.8. The van der Waals surface area contributed by atoms with Gasteiger partial charge in [0.15, 0.2) is 0 Å². The number of carbonyl (C=O) groups excluding carboxylic acids is 1. The van der Waals surface area contributed by atoms with Gasteiger partial charge < -0.3 is 5.32 Å². The van der Waals surface area contributed by atoms with E-state index in [9.17, 15) is 17.6 Å². The predicted octanol–water partition coefficient (Wildman–Crippen LogP) is 5.04. The molecule has 0 heterocycles. The van der Waals surface area contributed by atoms with Gasteiger partial charge in [0, 0.05) is 4.90 Å². The lowest BCUT2D eigenvalue weighted by molar-refractivity contribution is -0.114. The first-order valence-electron chi connectivity index (χ1n) is 8.78. The van der Waals surface area contributed by atoms with Crippen LogP contribution >= 0.6 is 23.4 Å². The van der Waals surface area contributed by atoms with Gasteiger partial charge in [-0.25, -0.2) is 12.8 Å². The summed E-state index contributed by atoms with van der Waals surface area (Å²) in [6.07, 6.45) is 1.88. The summed E-state index contributed by atoms with van der Waals surface area (Å²) in [5.41, 5.74) is 0.392. The Morgan fingerprint density at radius 1 is 1.07 bits per heavy atom. The van der Waals surface area contributed by atoms with Crippen LogP contribution in [0.25, 0.3) is 0 Å². The molecule has 0 aliphatic carbocycles. The van der Waals surface area contributed by atoms with Crippen LogP contribution in [0.3, 0.4) is 0 Å². The zero-order chi connectivity index (χ0) is 21.7. The number of hydrogen-bond donors (Lipinski definition) is 1. The summed E-state index contributed by atoms with van der Waals surface area (Å²) in [5.74, 6) is -1.23. The van der Waals surface area contributed by atoms with Crippen LogP contribution < -0.4 is 9.62 Å². The molecule has 0 aliphatic rings. The average Bonchev–Trinajstić information content (AvgIpc) is 2.73. The van der Waals surface area contributed by atoms with Gasteiger partial charge in [-0.15, -0.1) is 11.8 Å². The average molecular weight is 465 g/mol. The fourth-order valence-electron chi connectivity index (χ4n) is 2.70. The standard InChI is InChI=1S/C21H18ClFN2O3S2/c1-29-17-9-11-18(12-10-17)30(27,28)25(16-6-4-5-15(23)13-16)14-21(26)24-20-8-3-2-7-19(20)22/h2-13H,14H2,1H3,(H,24,26). The highest BCUT2D eigenvalue weighted by Crippen LogP contribution is 2.27. The van der Waals surface area contributed by atoms with Crippen molar-refractivity contribution in [2.24, 2.45) is 0 Å². The zero-order valence-corrected chi connectivity index (χ0v) is 18.3. The molecule has 0 unspecified atom stereocenters. The summed E-state index contributed by atoms with van der Waals surface area (Å²) in [5, 5.41) is 2.91. The van der Waals surface area contributed by atoms with E-state index in [1.54, 1.807) is 36.4 Å². The number of thioether (sulfide) groups is 1. The van der Waals surface area contributed by atoms with Gasteiger partial charge in [0.25, 0.3) is 10.0 Å². The Bertz CT molecular complexity index is 1150. The Labute approximate surface area is 183 Å². The second kappa shape index (κ2) is 9.51. The number of carbonyl (C=O) groups is 1. The maximum Gasteiger partial charge on any atom is 0.264 e. The van der Waals surface area contributed by atoms with Gasteiger partial charge in [-0.3, -0.25) is 9.10 Å². The van der Waals surface area contributed by atoms with E-state index in [1.807, 2.05) is 6.26 Å². The molecule has 9 heteroatoms. The SMILES string of the molecule is CSc1ccc(S(=O)(=O)N(CC(=O)Nc2ccccc2Cl)c2cccc(F)c2)cc1. The molecule has 3 aromatic rings. The summed E-state index contributed by atoms with van der Waals surface area (Å²) >= 11 is 7.53. The van der Waals surface area contributed by atoms with Crippen molar-refractivity contribution in [1.29, 1.82) is 0 Å². The van der Waals surface area contributed by atoms with E-state index in [0.29, 0.717) is 10.7 Å². The second-order valence-electron chi connectivity index (χ2n) is 6.20. The number of nitrogens with one attached hydrogen (secondary N) is 1. The van der Waals surface area contributed by atoms with Crippen LogP contribution in [0.2, 0.25) is 5.02 Å². The van der Waals surface area contributed by atoms with Gasteiger partial charge >= 0.3 is 0 Å². The molecule has 0 aliphatic heterocycles. The first-order chi connectivity index (χ1) is 14.3. The smallest absolute Gasteiger partial charge is 0.264 e. The molecule has 0 saturated heterocycles. The van der Waals surface area contributed by atoms with Gasteiger partial charge in [0.05, 0.1) is 21.3 Å². The molecule has 3 aromatic carbocycles. The van der Waals surface area contributed by atoms with Gasteiger partial charge in [-0.2, -0.15) is 0 Å². The van der Waals surface area contributed by atoms with Gasteiger partial charge in [0.2, 0.25) is 5.91 Å². The van der Waals surface area contributed by atoms with Crippen molar-refractivity contribution in [3.8, 4) is 0 Å². The molecule has 0 spiro atoms. The number of halogens is 2. The quantitative estimate of drug-likeness (QED) is 0.498. The third-order valence-electron chi connectivity index (χ3n) is 4.18. The molecule has 3 rings (SSSR count). The Kier molecular flexibility index (Phi) is 7.02. The number of benzene rings is 3. The van der Waals surface area contributed by atoms with Crippen molar-refractivity contribution in [2.45, 2.75) is 9.79 Å². The molecule has 156 valence electrons. The number of rotatable bonds is 7. The highest BCUT2D eigenvalue weighted by atomic mass is 35.5. The Morgan fingerprint density at radius 3 is 2.40 bits per heavy atom. The minimum absolute atomic E-state index is 0.00453. The van der Waals surface area contributed by atoms with Crippen LogP contribution in [0.1, 0.15) is 0 Å². The fourth-order valence-corrected chi connectivity index (χ4v) is 4.71. The van der Waals surface area contributed by atoms with Crippen LogP contribution in [0.4, 0.5) is 15.8 Å². The minimum Gasteiger partial charge on any atom is -0.323 e. The molecular formula is C21H18ClFN2O3S2. The minimum atomic E-state index is -4.13. The van der Waals surface area contributed by atoms with Crippen molar-refractivity contribution in [1.82, 2.24) is 0 Å². The Morgan fingerprint density at radius 2 is 1.77 bits per heavy atom. The van der Waals surface area contributed by atoms with E-state index >= 15 is 0 Å². The molecule has 0 saturated carbocycles. The van der Waals surface area contributed by atoms with E-state index in [0.717, 1.165) is 15.3 Å². The molecule has 0 fully saturated rings. The second-order valence-corrected chi connectivity index (χ2v) is 9.34. The van der Waals surface area contributed by atoms with Crippen molar-refractivity contribution < 1.29 is 17.6 Å². The molecule has 1 N–H and O–H groups in total.